The van der Waals surface area contributed by atoms with Crippen LogP contribution in [0.5, 0.6) is 0 Å². The van der Waals surface area contributed by atoms with E-state index in [0.717, 1.165) is 43.0 Å². The SMILES string of the molecule is CCc1nc(CC)n(-c2ccc(C)cc2CC(N)CC)n1. The first-order valence-electron chi connectivity index (χ1n) is 7.89. The Labute approximate surface area is 127 Å². The van der Waals surface area contributed by atoms with Crippen LogP contribution in [0.15, 0.2) is 18.2 Å². The lowest BCUT2D eigenvalue weighted by atomic mass is 10.0. The predicted molar refractivity (Wildman–Crippen MR) is 86.8 cm³/mol. The van der Waals surface area contributed by atoms with Crippen molar-refractivity contribution in [2.24, 2.45) is 5.73 Å². The van der Waals surface area contributed by atoms with Gasteiger partial charge in [-0.3, -0.25) is 0 Å². The number of nitrogens with zero attached hydrogens (tertiary/aromatic N) is 3. The van der Waals surface area contributed by atoms with E-state index in [1.54, 1.807) is 0 Å². The van der Waals surface area contributed by atoms with E-state index in [1.165, 1.54) is 11.1 Å². The maximum Gasteiger partial charge on any atom is 0.151 e. The molecule has 1 unspecified atom stereocenters. The summed E-state index contributed by atoms with van der Waals surface area (Å²) < 4.78 is 2.00. The normalized spacial score (nSPS) is 12.6. The number of aryl methyl sites for hydroxylation is 3. The Morgan fingerprint density at radius 3 is 2.57 bits per heavy atom. The molecule has 4 nitrogen and oxygen atoms in total. The quantitative estimate of drug-likeness (QED) is 0.888. The smallest absolute Gasteiger partial charge is 0.151 e. The Balaban J connectivity index is 2.49. The van der Waals surface area contributed by atoms with E-state index in [0.29, 0.717) is 0 Å². The van der Waals surface area contributed by atoms with Crippen molar-refractivity contribution in [3.63, 3.8) is 0 Å². The van der Waals surface area contributed by atoms with E-state index in [9.17, 15) is 0 Å². The molecule has 0 aliphatic heterocycles. The average molecular weight is 286 g/mol. The number of nitrogens with two attached hydrogens (primary N) is 1. The number of benzene rings is 1. The molecule has 1 aromatic carbocycles. The first-order valence-corrected chi connectivity index (χ1v) is 7.89. The van der Waals surface area contributed by atoms with Crippen molar-refractivity contribution in [1.82, 2.24) is 14.8 Å². The maximum absolute atomic E-state index is 6.16. The van der Waals surface area contributed by atoms with Gasteiger partial charge >= 0.3 is 0 Å². The summed E-state index contributed by atoms with van der Waals surface area (Å²) in [5.41, 5.74) is 9.79. The van der Waals surface area contributed by atoms with Gasteiger partial charge in [-0.1, -0.05) is 38.5 Å². The van der Waals surface area contributed by atoms with E-state index >= 15 is 0 Å². The van der Waals surface area contributed by atoms with Crippen LogP contribution in [0.4, 0.5) is 0 Å². The molecule has 1 aromatic heterocycles. The molecule has 1 heterocycles. The van der Waals surface area contributed by atoms with Gasteiger partial charge in [0.25, 0.3) is 0 Å². The molecule has 0 radical (unpaired) electrons. The molecule has 0 amide bonds. The fourth-order valence-corrected chi connectivity index (χ4v) is 2.47. The largest absolute Gasteiger partial charge is 0.327 e. The van der Waals surface area contributed by atoms with Crippen LogP contribution in [0, 0.1) is 6.92 Å². The number of aromatic nitrogens is 3. The molecule has 2 N–H and O–H groups in total. The van der Waals surface area contributed by atoms with Crippen LogP contribution in [0.1, 0.15) is 50.0 Å². The number of rotatable bonds is 6. The third kappa shape index (κ3) is 3.50. The molecular weight excluding hydrogens is 260 g/mol. The molecule has 2 aromatic rings. The van der Waals surface area contributed by atoms with Crippen LogP contribution in [0.25, 0.3) is 5.69 Å². The lowest BCUT2D eigenvalue weighted by Crippen LogP contribution is -2.22. The van der Waals surface area contributed by atoms with E-state index in [4.69, 9.17) is 5.73 Å². The van der Waals surface area contributed by atoms with Crippen molar-refractivity contribution in [2.45, 2.75) is 59.4 Å². The molecule has 0 saturated heterocycles. The summed E-state index contributed by atoms with van der Waals surface area (Å²) in [7, 11) is 0. The molecule has 0 aliphatic rings. The molecule has 0 fully saturated rings. The molecule has 1 atom stereocenters. The Morgan fingerprint density at radius 1 is 1.19 bits per heavy atom. The van der Waals surface area contributed by atoms with Gasteiger partial charge in [-0.25, -0.2) is 9.67 Å². The maximum atomic E-state index is 6.16. The highest BCUT2D eigenvalue weighted by molar-refractivity contribution is 5.44. The standard InChI is InChI=1S/C17H26N4/c1-5-14(18)11-13-10-12(4)8-9-15(13)21-17(7-3)19-16(6-2)20-21/h8-10,14H,5-7,11,18H2,1-4H3. The minimum absolute atomic E-state index is 0.185. The summed E-state index contributed by atoms with van der Waals surface area (Å²) in [4.78, 5) is 4.61. The predicted octanol–water partition coefficient (Wildman–Crippen LogP) is 2.98. The van der Waals surface area contributed by atoms with Crippen LogP contribution >= 0.6 is 0 Å². The summed E-state index contributed by atoms with van der Waals surface area (Å²) in [6.45, 7) is 8.44. The Kier molecular flexibility index (Phi) is 5.12. The van der Waals surface area contributed by atoms with Crippen LogP contribution in [-0.2, 0) is 19.3 Å². The van der Waals surface area contributed by atoms with Gasteiger partial charge in [0.2, 0.25) is 0 Å². The van der Waals surface area contributed by atoms with Crippen molar-refractivity contribution in [3.05, 3.63) is 41.0 Å². The minimum Gasteiger partial charge on any atom is -0.327 e. The fraction of sp³-hybridized carbons (Fsp3) is 0.529. The van der Waals surface area contributed by atoms with Crippen molar-refractivity contribution in [3.8, 4) is 5.69 Å². The molecule has 4 heteroatoms. The summed E-state index contributed by atoms with van der Waals surface area (Å²) in [6, 6.07) is 6.67. The minimum atomic E-state index is 0.185. The van der Waals surface area contributed by atoms with Crippen molar-refractivity contribution in [2.75, 3.05) is 0 Å². The van der Waals surface area contributed by atoms with Crippen LogP contribution in [-0.4, -0.2) is 20.8 Å². The van der Waals surface area contributed by atoms with E-state index in [1.807, 2.05) is 4.68 Å². The van der Waals surface area contributed by atoms with Gasteiger partial charge < -0.3 is 5.73 Å². The van der Waals surface area contributed by atoms with E-state index < -0.39 is 0 Å². The fourth-order valence-electron chi connectivity index (χ4n) is 2.47. The first kappa shape index (κ1) is 15.7. The second kappa shape index (κ2) is 6.85. The highest BCUT2D eigenvalue weighted by atomic mass is 15.3. The highest BCUT2D eigenvalue weighted by Gasteiger charge is 2.14. The van der Waals surface area contributed by atoms with Gasteiger partial charge in [0.1, 0.15) is 5.82 Å². The van der Waals surface area contributed by atoms with Crippen LogP contribution < -0.4 is 5.73 Å². The summed E-state index contributed by atoms with van der Waals surface area (Å²) in [5, 5.41) is 4.66. The zero-order valence-electron chi connectivity index (χ0n) is 13.6. The van der Waals surface area contributed by atoms with Gasteiger partial charge in [0.15, 0.2) is 5.82 Å². The molecule has 0 saturated carbocycles. The Morgan fingerprint density at radius 2 is 1.95 bits per heavy atom. The number of hydrogen-bond acceptors (Lipinski definition) is 3. The van der Waals surface area contributed by atoms with Gasteiger partial charge in [0.05, 0.1) is 5.69 Å². The van der Waals surface area contributed by atoms with Gasteiger partial charge in [-0.15, -0.1) is 0 Å². The summed E-state index contributed by atoms with van der Waals surface area (Å²) in [5.74, 6) is 1.92. The van der Waals surface area contributed by atoms with E-state index in [2.05, 4.69) is 56.0 Å². The highest BCUT2D eigenvalue weighted by Crippen LogP contribution is 2.20. The summed E-state index contributed by atoms with van der Waals surface area (Å²) in [6.07, 6.45) is 3.58. The lowest BCUT2D eigenvalue weighted by molar-refractivity contribution is 0.640. The first-order chi connectivity index (χ1) is 10.1. The van der Waals surface area contributed by atoms with Crippen molar-refractivity contribution >= 4 is 0 Å². The Hall–Kier alpha value is -1.68. The second-order valence-electron chi connectivity index (χ2n) is 5.57. The van der Waals surface area contributed by atoms with E-state index in [-0.39, 0.29) is 6.04 Å². The van der Waals surface area contributed by atoms with Crippen LogP contribution in [0.2, 0.25) is 0 Å². The summed E-state index contributed by atoms with van der Waals surface area (Å²) >= 11 is 0. The zero-order chi connectivity index (χ0) is 15.4. The third-order valence-corrected chi connectivity index (χ3v) is 3.82. The monoisotopic (exact) mass is 286 g/mol. The molecular formula is C17H26N4. The van der Waals surface area contributed by atoms with Crippen LogP contribution in [0.3, 0.4) is 0 Å². The molecule has 0 bridgehead atoms. The Bertz CT molecular complexity index is 601. The molecule has 0 spiro atoms. The molecule has 114 valence electrons. The molecule has 2 rings (SSSR count). The van der Waals surface area contributed by atoms with Gasteiger partial charge in [0, 0.05) is 18.9 Å². The topological polar surface area (TPSA) is 56.7 Å². The molecule has 0 aliphatic carbocycles. The lowest BCUT2D eigenvalue weighted by Gasteiger charge is -2.15. The average Bonchev–Trinajstić information content (AvgIpc) is 2.90. The second-order valence-corrected chi connectivity index (χ2v) is 5.57. The number of hydrogen-bond donors (Lipinski definition) is 1. The molecule has 21 heavy (non-hydrogen) atoms. The van der Waals surface area contributed by atoms with Crippen molar-refractivity contribution in [1.29, 1.82) is 0 Å². The zero-order valence-corrected chi connectivity index (χ0v) is 13.6. The van der Waals surface area contributed by atoms with Gasteiger partial charge in [-0.05, 0) is 31.4 Å². The third-order valence-electron chi connectivity index (χ3n) is 3.82. The van der Waals surface area contributed by atoms with Crippen molar-refractivity contribution < 1.29 is 0 Å². The van der Waals surface area contributed by atoms with Gasteiger partial charge in [-0.2, -0.15) is 5.10 Å².